The molecule has 0 heterocycles. The van der Waals surface area contributed by atoms with E-state index in [-0.39, 0.29) is 0 Å². The summed E-state index contributed by atoms with van der Waals surface area (Å²) in [7, 11) is 4.05. The maximum atomic E-state index is 5.63. The minimum atomic E-state index is 0.760. The highest BCUT2D eigenvalue weighted by Crippen LogP contribution is 2.11. The lowest BCUT2D eigenvalue weighted by Gasteiger charge is -2.11. The average Bonchev–Trinajstić information content (AvgIpc) is 2.38. The number of nitrogens with two attached hydrogens (primary N) is 1. The molecule has 0 radical (unpaired) electrons. The van der Waals surface area contributed by atoms with Crippen LogP contribution in [0.2, 0.25) is 0 Å². The summed E-state index contributed by atoms with van der Waals surface area (Å²) < 4.78 is 0. The van der Waals surface area contributed by atoms with E-state index in [1.165, 1.54) is 5.69 Å². The number of nitrogens with zero attached hydrogens (tertiary/aromatic N) is 1. The predicted octanol–water partition coefficient (Wildman–Crippen LogP) is 2.73. The molecule has 0 bridgehead atoms. The van der Waals surface area contributed by atoms with Crippen LogP contribution in [-0.2, 0) is 0 Å². The molecule has 18 heavy (non-hydrogen) atoms. The fourth-order valence-corrected chi connectivity index (χ4v) is 1.55. The minimum absolute atomic E-state index is 0.760. The van der Waals surface area contributed by atoms with Crippen LogP contribution in [0.4, 0.5) is 11.4 Å². The number of hydrogen-bond acceptors (Lipinski definition) is 2. The number of hydrogen-bond donors (Lipinski definition) is 1. The first-order valence-electron chi connectivity index (χ1n) is 5.80. The first-order chi connectivity index (χ1) is 8.65. The molecule has 2 aromatic rings. The van der Waals surface area contributed by atoms with E-state index in [1.807, 2.05) is 50.5 Å². The molecule has 0 spiro atoms. The Kier molecular flexibility index (Phi) is 3.54. The topological polar surface area (TPSA) is 29.3 Å². The smallest absolute Gasteiger partial charge is 0.0361 e. The standard InChI is InChI=1S/C16H16N2/c1-18(2)16-11-7-14(8-12-16)4-3-13-5-9-15(17)10-6-13/h5-12H,17H2,1-2H3. The minimum Gasteiger partial charge on any atom is -0.399 e. The van der Waals surface area contributed by atoms with Crippen molar-refractivity contribution in [1.29, 1.82) is 0 Å². The molecule has 0 saturated heterocycles. The number of rotatable bonds is 1. The van der Waals surface area contributed by atoms with E-state index in [0.717, 1.165) is 16.8 Å². The molecule has 0 atom stereocenters. The monoisotopic (exact) mass is 236 g/mol. The Hall–Kier alpha value is -2.40. The fraction of sp³-hybridized carbons (Fsp3) is 0.125. The van der Waals surface area contributed by atoms with Gasteiger partial charge in [-0.25, -0.2) is 0 Å². The van der Waals surface area contributed by atoms with Crippen molar-refractivity contribution in [3.8, 4) is 11.8 Å². The van der Waals surface area contributed by atoms with Crippen LogP contribution in [0.15, 0.2) is 48.5 Å². The van der Waals surface area contributed by atoms with Gasteiger partial charge in [0.05, 0.1) is 0 Å². The molecule has 2 nitrogen and oxygen atoms in total. The molecule has 0 aliphatic rings. The average molecular weight is 236 g/mol. The van der Waals surface area contributed by atoms with E-state index in [1.54, 1.807) is 0 Å². The van der Waals surface area contributed by atoms with Crippen molar-refractivity contribution in [3.63, 3.8) is 0 Å². The van der Waals surface area contributed by atoms with E-state index in [4.69, 9.17) is 5.73 Å². The van der Waals surface area contributed by atoms with Gasteiger partial charge < -0.3 is 10.6 Å². The van der Waals surface area contributed by atoms with Gasteiger partial charge in [0.15, 0.2) is 0 Å². The van der Waals surface area contributed by atoms with E-state index < -0.39 is 0 Å². The molecule has 0 amide bonds. The van der Waals surface area contributed by atoms with Crippen LogP contribution in [0.25, 0.3) is 0 Å². The molecule has 2 N–H and O–H groups in total. The summed E-state index contributed by atoms with van der Waals surface area (Å²) in [4.78, 5) is 2.07. The number of anilines is 2. The molecule has 0 aliphatic carbocycles. The van der Waals surface area contributed by atoms with Crippen LogP contribution in [0.3, 0.4) is 0 Å². The lowest BCUT2D eigenvalue weighted by atomic mass is 10.1. The molecular weight excluding hydrogens is 220 g/mol. The van der Waals surface area contributed by atoms with E-state index in [9.17, 15) is 0 Å². The lowest BCUT2D eigenvalue weighted by molar-refractivity contribution is 1.13. The Morgan fingerprint density at radius 1 is 0.778 bits per heavy atom. The Labute approximate surface area is 108 Å². The van der Waals surface area contributed by atoms with Crippen molar-refractivity contribution in [1.82, 2.24) is 0 Å². The normalized spacial score (nSPS) is 9.44. The van der Waals surface area contributed by atoms with Crippen LogP contribution in [0.5, 0.6) is 0 Å². The van der Waals surface area contributed by atoms with E-state index >= 15 is 0 Å². The lowest BCUT2D eigenvalue weighted by Crippen LogP contribution is -2.07. The second-order valence-electron chi connectivity index (χ2n) is 4.31. The highest BCUT2D eigenvalue weighted by Gasteiger charge is 1.93. The van der Waals surface area contributed by atoms with Gasteiger partial charge in [-0.2, -0.15) is 0 Å². The summed E-state index contributed by atoms with van der Waals surface area (Å²) in [6.45, 7) is 0. The quantitative estimate of drug-likeness (QED) is 0.609. The van der Waals surface area contributed by atoms with Crippen LogP contribution in [0.1, 0.15) is 11.1 Å². The third-order valence-corrected chi connectivity index (χ3v) is 2.65. The van der Waals surface area contributed by atoms with Gasteiger partial charge in [-0.05, 0) is 48.5 Å². The van der Waals surface area contributed by atoms with Gasteiger partial charge in [0.25, 0.3) is 0 Å². The summed E-state index contributed by atoms with van der Waals surface area (Å²) in [6.07, 6.45) is 0. The molecule has 2 heteroatoms. The van der Waals surface area contributed by atoms with Gasteiger partial charge >= 0.3 is 0 Å². The van der Waals surface area contributed by atoms with Crippen LogP contribution in [0, 0.1) is 11.8 Å². The third-order valence-electron chi connectivity index (χ3n) is 2.65. The first kappa shape index (κ1) is 12.1. The SMILES string of the molecule is CN(C)c1ccc(C#Cc2ccc(N)cc2)cc1. The summed E-state index contributed by atoms with van der Waals surface area (Å²) in [5, 5.41) is 0. The second kappa shape index (κ2) is 5.29. The third kappa shape index (κ3) is 3.05. The zero-order valence-electron chi connectivity index (χ0n) is 10.6. The van der Waals surface area contributed by atoms with E-state index in [0.29, 0.717) is 0 Å². The van der Waals surface area contributed by atoms with Crippen LogP contribution >= 0.6 is 0 Å². The van der Waals surface area contributed by atoms with Crippen molar-refractivity contribution in [2.75, 3.05) is 24.7 Å². The first-order valence-corrected chi connectivity index (χ1v) is 5.80. The highest BCUT2D eigenvalue weighted by atomic mass is 15.1. The van der Waals surface area contributed by atoms with Gasteiger partial charge in [-0.1, -0.05) is 11.8 Å². The Morgan fingerprint density at radius 2 is 1.22 bits per heavy atom. The zero-order valence-corrected chi connectivity index (χ0v) is 10.6. The number of nitrogen functional groups attached to an aromatic ring is 1. The summed E-state index contributed by atoms with van der Waals surface area (Å²) in [5.41, 5.74) is 9.54. The molecule has 2 aromatic carbocycles. The van der Waals surface area contributed by atoms with Gasteiger partial charge in [-0.3, -0.25) is 0 Å². The van der Waals surface area contributed by atoms with Crippen molar-refractivity contribution < 1.29 is 0 Å². The van der Waals surface area contributed by atoms with Gasteiger partial charge in [0.1, 0.15) is 0 Å². The Bertz CT molecular complexity index is 569. The zero-order chi connectivity index (χ0) is 13.0. The summed E-state index contributed by atoms with van der Waals surface area (Å²) >= 11 is 0. The maximum Gasteiger partial charge on any atom is 0.0361 e. The molecule has 0 unspecified atom stereocenters. The largest absolute Gasteiger partial charge is 0.399 e. The fourth-order valence-electron chi connectivity index (χ4n) is 1.55. The van der Waals surface area contributed by atoms with Crippen molar-refractivity contribution in [2.24, 2.45) is 0 Å². The molecule has 0 saturated carbocycles. The second-order valence-corrected chi connectivity index (χ2v) is 4.31. The van der Waals surface area contributed by atoms with Crippen molar-refractivity contribution in [2.45, 2.75) is 0 Å². The summed E-state index contributed by atoms with van der Waals surface area (Å²) in [6, 6.07) is 15.8. The molecule has 0 fully saturated rings. The van der Waals surface area contributed by atoms with Gasteiger partial charge in [0, 0.05) is 36.6 Å². The number of benzene rings is 2. The molecule has 90 valence electrons. The van der Waals surface area contributed by atoms with Gasteiger partial charge in [-0.15, -0.1) is 0 Å². The van der Waals surface area contributed by atoms with Crippen LogP contribution in [-0.4, -0.2) is 14.1 Å². The van der Waals surface area contributed by atoms with Crippen molar-refractivity contribution in [3.05, 3.63) is 59.7 Å². The van der Waals surface area contributed by atoms with Crippen molar-refractivity contribution >= 4 is 11.4 Å². The molecular formula is C16H16N2. The van der Waals surface area contributed by atoms with Gasteiger partial charge in [0.2, 0.25) is 0 Å². The predicted molar refractivity (Wildman–Crippen MR) is 77.6 cm³/mol. The maximum absolute atomic E-state index is 5.63. The molecule has 0 aliphatic heterocycles. The molecule has 2 rings (SSSR count). The molecule has 0 aromatic heterocycles. The Morgan fingerprint density at radius 3 is 1.67 bits per heavy atom. The highest BCUT2D eigenvalue weighted by molar-refractivity contribution is 5.52. The summed E-state index contributed by atoms with van der Waals surface area (Å²) in [5.74, 6) is 6.25. The van der Waals surface area contributed by atoms with Crippen LogP contribution < -0.4 is 10.6 Å². The van der Waals surface area contributed by atoms with E-state index in [2.05, 4.69) is 28.9 Å². The Balaban J connectivity index is 2.17.